The van der Waals surface area contributed by atoms with Gasteiger partial charge in [0.25, 0.3) is 0 Å². The predicted molar refractivity (Wildman–Crippen MR) is 45.5 cm³/mol. The zero-order valence-corrected chi connectivity index (χ0v) is 6.43. The lowest BCUT2D eigenvalue weighted by molar-refractivity contribution is 1.41. The highest BCUT2D eigenvalue weighted by Gasteiger charge is 1.59. The fourth-order valence-electron chi connectivity index (χ4n) is 0.271. The Hall–Kier alpha value is -0.780. The zero-order valence-electron chi connectivity index (χ0n) is 6.43. The fourth-order valence-corrected chi connectivity index (χ4v) is 0.271. The van der Waals surface area contributed by atoms with Crippen molar-refractivity contribution in [2.45, 2.75) is 20.3 Å². The standard InChI is InChI=1S/C7H10.C2H6/c1-3-5-7-6-4-2;1-2/h3-5,7H,1-2,6H2;1-2H3/b7-5-;. The molecular weight excluding hydrogens is 108 g/mol. The molecule has 0 amide bonds. The van der Waals surface area contributed by atoms with Crippen LogP contribution < -0.4 is 0 Å². The van der Waals surface area contributed by atoms with Crippen LogP contribution in [0.4, 0.5) is 0 Å². The van der Waals surface area contributed by atoms with Crippen molar-refractivity contribution < 1.29 is 0 Å². The first-order valence-corrected chi connectivity index (χ1v) is 3.30. The Morgan fingerprint density at radius 2 is 1.78 bits per heavy atom. The van der Waals surface area contributed by atoms with Gasteiger partial charge in [-0.2, -0.15) is 0 Å². The van der Waals surface area contributed by atoms with E-state index in [0.717, 1.165) is 6.42 Å². The summed E-state index contributed by atoms with van der Waals surface area (Å²) in [7, 11) is 0. The van der Waals surface area contributed by atoms with Crippen LogP contribution in [0.1, 0.15) is 20.3 Å². The van der Waals surface area contributed by atoms with Gasteiger partial charge in [0.15, 0.2) is 0 Å². The minimum absolute atomic E-state index is 0.937. The lowest BCUT2D eigenvalue weighted by atomic mass is 10.4. The van der Waals surface area contributed by atoms with Crippen LogP contribution in [-0.4, -0.2) is 0 Å². The second-order valence-corrected chi connectivity index (χ2v) is 1.19. The molecule has 0 rings (SSSR count). The molecule has 0 aliphatic heterocycles. The minimum atomic E-state index is 0.937. The minimum Gasteiger partial charge on any atom is -0.103 e. The second-order valence-electron chi connectivity index (χ2n) is 1.19. The molecule has 0 heteroatoms. The average Bonchev–Trinajstić information content (AvgIpc) is 1.94. The third-order valence-electron chi connectivity index (χ3n) is 0.575. The molecule has 0 fully saturated rings. The number of rotatable bonds is 3. The van der Waals surface area contributed by atoms with Crippen LogP contribution in [-0.2, 0) is 0 Å². The maximum Gasteiger partial charge on any atom is -0.0169 e. The van der Waals surface area contributed by atoms with E-state index in [1.54, 1.807) is 6.08 Å². The summed E-state index contributed by atoms with van der Waals surface area (Å²) >= 11 is 0. The van der Waals surface area contributed by atoms with Crippen LogP contribution in [0.2, 0.25) is 0 Å². The Kier molecular flexibility index (Phi) is 19.3. The topological polar surface area (TPSA) is 0 Å². The van der Waals surface area contributed by atoms with Crippen molar-refractivity contribution >= 4 is 0 Å². The van der Waals surface area contributed by atoms with Crippen LogP contribution in [0.3, 0.4) is 0 Å². The second kappa shape index (κ2) is 15.7. The van der Waals surface area contributed by atoms with Crippen LogP contribution >= 0.6 is 0 Å². The molecule has 0 atom stereocenters. The molecule has 52 valence electrons. The molecule has 0 aromatic heterocycles. The first-order valence-electron chi connectivity index (χ1n) is 3.30. The Bertz CT molecular complexity index is 78.0. The molecule has 9 heavy (non-hydrogen) atoms. The third-order valence-corrected chi connectivity index (χ3v) is 0.575. The van der Waals surface area contributed by atoms with E-state index in [9.17, 15) is 0 Å². The van der Waals surface area contributed by atoms with Crippen LogP contribution in [0.5, 0.6) is 0 Å². The quantitative estimate of drug-likeness (QED) is 0.400. The molecule has 0 aliphatic rings. The molecule has 0 saturated heterocycles. The van der Waals surface area contributed by atoms with Gasteiger partial charge in [0.05, 0.1) is 0 Å². The highest BCUT2D eigenvalue weighted by molar-refractivity contribution is 4.99. The van der Waals surface area contributed by atoms with E-state index in [1.165, 1.54) is 0 Å². The van der Waals surface area contributed by atoms with Crippen molar-refractivity contribution in [3.63, 3.8) is 0 Å². The SMILES string of the molecule is C=C/C=C\CC=C.CC. The van der Waals surface area contributed by atoms with Gasteiger partial charge < -0.3 is 0 Å². The van der Waals surface area contributed by atoms with Crippen molar-refractivity contribution in [1.82, 2.24) is 0 Å². The molecule has 0 aromatic carbocycles. The van der Waals surface area contributed by atoms with Crippen LogP contribution in [0.15, 0.2) is 37.5 Å². The molecule has 0 nitrogen and oxygen atoms in total. The van der Waals surface area contributed by atoms with Crippen molar-refractivity contribution in [1.29, 1.82) is 0 Å². The fraction of sp³-hybridized carbons (Fsp3) is 0.333. The van der Waals surface area contributed by atoms with Gasteiger partial charge in [0.1, 0.15) is 0 Å². The molecule has 0 radical (unpaired) electrons. The monoisotopic (exact) mass is 124 g/mol. The zero-order chi connectivity index (χ0) is 7.54. The lowest BCUT2D eigenvalue weighted by Crippen LogP contribution is -1.50. The molecular formula is C9H16. The molecule has 0 aromatic rings. The molecule has 0 unspecified atom stereocenters. The number of hydrogen-bond donors (Lipinski definition) is 0. The molecule has 0 aliphatic carbocycles. The average molecular weight is 124 g/mol. The van der Waals surface area contributed by atoms with Gasteiger partial charge >= 0.3 is 0 Å². The maximum absolute atomic E-state index is 3.55. The first-order chi connectivity index (χ1) is 4.41. The summed E-state index contributed by atoms with van der Waals surface area (Å²) in [5.41, 5.74) is 0. The number of hydrogen-bond acceptors (Lipinski definition) is 0. The van der Waals surface area contributed by atoms with Gasteiger partial charge in [-0.15, -0.1) is 6.58 Å². The predicted octanol–water partition coefficient (Wildman–Crippen LogP) is 3.33. The third kappa shape index (κ3) is 19.0. The van der Waals surface area contributed by atoms with E-state index in [4.69, 9.17) is 0 Å². The maximum atomic E-state index is 3.55. The normalized spacial score (nSPS) is 7.78. The van der Waals surface area contributed by atoms with Crippen molar-refractivity contribution in [2.75, 3.05) is 0 Å². The van der Waals surface area contributed by atoms with E-state index in [-0.39, 0.29) is 0 Å². The summed E-state index contributed by atoms with van der Waals surface area (Å²) in [5, 5.41) is 0. The van der Waals surface area contributed by atoms with Crippen LogP contribution in [0.25, 0.3) is 0 Å². The van der Waals surface area contributed by atoms with E-state index in [0.29, 0.717) is 0 Å². The van der Waals surface area contributed by atoms with E-state index in [1.807, 2.05) is 32.1 Å². The van der Waals surface area contributed by atoms with Crippen molar-refractivity contribution in [3.8, 4) is 0 Å². The van der Waals surface area contributed by atoms with Gasteiger partial charge in [0.2, 0.25) is 0 Å². The number of allylic oxidation sites excluding steroid dienone is 4. The van der Waals surface area contributed by atoms with E-state index in [2.05, 4.69) is 13.2 Å². The summed E-state index contributed by atoms with van der Waals surface area (Å²) in [6.07, 6.45) is 8.44. The van der Waals surface area contributed by atoms with E-state index >= 15 is 0 Å². The van der Waals surface area contributed by atoms with Gasteiger partial charge in [-0.3, -0.25) is 0 Å². The molecule has 0 saturated carbocycles. The van der Waals surface area contributed by atoms with E-state index < -0.39 is 0 Å². The highest BCUT2D eigenvalue weighted by Crippen LogP contribution is 1.81. The summed E-state index contributed by atoms with van der Waals surface area (Å²) in [6.45, 7) is 11.1. The van der Waals surface area contributed by atoms with Gasteiger partial charge in [0, 0.05) is 0 Å². The molecule has 0 bridgehead atoms. The summed E-state index contributed by atoms with van der Waals surface area (Å²) < 4.78 is 0. The van der Waals surface area contributed by atoms with Crippen molar-refractivity contribution in [3.05, 3.63) is 37.5 Å². The summed E-state index contributed by atoms with van der Waals surface area (Å²) in [4.78, 5) is 0. The molecule has 0 N–H and O–H groups in total. The smallest absolute Gasteiger partial charge is 0.0169 e. The lowest BCUT2D eigenvalue weighted by Gasteiger charge is -1.71. The Labute approximate surface area is 58.6 Å². The van der Waals surface area contributed by atoms with Crippen LogP contribution in [0, 0.1) is 0 Å². The van der Waals surface area contributed by atoms with Gasteiger partial charge in [-0.25, -0.2) is 0 Å². The summed E-state index contributed by atoms with van der Waals surface area (Å²) in [5.74, 6) is 0. The van der Waals surface area contributed by atoms with Gasteiger partial charge in [-0.1, -0.05) is 44.7 Å². The molecule has 0 spiro atoms. The molecule has 0 heterocycles. The largest absolute Gasteiger partial charge is 0.103 e. The highest BCUT2D eigenvalue weighted by atomic mass is 13.7. The Balaban J connectivity index is 0. The Morgan fingerprint density at radius 1 is 1.22 bits per heavy atom. The summed E-state index contributed by atoms with van der Waals surface area (Å²) in [6, 6.07) is 0. The van der Waals surface area contributed by atoms with Crippen molar-refractivity contribution in [2.24, 2.45) is 0 Å². The first kappa shape index (κ1) is 11.1. The Morgan fingerprint density at radius 3 is 2.11 bits per heavy atom. The van der Waals surface area contributed by atoms with Gasteiger partial charge in [-0.05, 0) is 6.42 Å².